The van der Waals surface area contributed by atoms with E-state index in [2.05, 4.69) is 5.32 Å². The Morgan fingerprint density at radius 3 is 2.81 bits per heavy atom. The number of rotatable bonds is 4. The molecule has 0 aromatic heterocycles. The number of nitrogens with one attached hydrogen (secondary N) is 1. The van der Waals surface area contributed by atoms with Crippen molar-refractivity contribution in [2.45, 2.75) is 26.7 Å². The number of anilines is 1. The van der Waals surface area contributed by atoms with Crippen molar-refractivity contribution in [1.82, 2.24) is 0 Å². The highest BCUT2D eigenvalue weighted by Crippen LogP contribution is 2.18. The summed E-state index contributed by atoms with van der Waals surface area (Å²) in [5.41, 5.74) is 0.258. The molecule has 88 valence electrons. The molecule has 0 radical (unpaired) electrons. The molecule has 0 bridgehead atoms. The highest BCUT2D eigenvalue weighted by atomic mass is 127. The highest BCUT2D eigenvalue weighted by molar-refractivity contribution is 14.1. The van der Waals surface area contributed by atoms with Crippen molar-refractivity contribution in [3.05, 3.63) is 27.6 Å². The summed E-state index contributed by atoms with van der Waals surface area (Å²) in [6, 6.07) is 4.76. The van der Waals surface area contributed by atoms with E-state index in [0.29, 0.717) is 0 Å². The Balaban J connectivity index is 2.69. The number of amides is 1. The first kappa shape index (κ1) is 13.4. The zero-order valence-electron chi connectivity index (χ0n) is 9.39. The van der Waals surface area contributed by atoms with E-state index in [4.69, 9.17) is 0 Å². The largest absolute Gasteiger partial charge is 0.323 e. The third-order valence-electron chi connectivity index (χ3n) is 2.36. The number of carbonyl (C=O) groups excluding carboxylic acids is 1. The van der Waals surface area contributed by atoms with Crippen LogP contribution >= 0.6 is 22.6 Å². The van der Waals surface area contributed by atoms with Crippen molar-refractivity contribution < 1.29 is 9.18 Å². The van der Waals surface area contributed by atoms with Crippen LogP contribution in [0.25, 0.3) is 0 Å². The number of benzene rings is 1. The molecule has 16 heavy (non-hydrogen) atoms. The topological polar surface area (TPSA) is 29.1 Å². The van der Waals surface area contributed by atoms with E-state index in [-0.39, 0.29) is 23.3 Å². The number of halogens is 2. The van der Waals surface area contributed by atoms with E-state index in [1.165, 1.54) is 6.07 Å². The van der Waals surface area contributed by atoms with Gasteiger partial charge in [0.1, 0.15) is 5.82 Å². The van der Waals surface area contributed by atoms with Gasteiger partial charge in [-0.3, -0.25) is 4.79 Å². The number of hydrogen-bond acceptors (Lipinski definition) is 1. The van der Waals surface area contributed by atoms with Crippen LogP contribution in [-0.4, -0.2) is 5.91 Å². The Kier molecular flexibility index (Phi) is 5.18. The van der Waals surface area contributed by atoms with Gasteiger partial charge in [0.15, 0.2) is 0 Å². The lowest BCUT2D eigenvalue weighted by Gasteiger charge is -2.11. The van der Waals surface area contributed by atoms with Gasteiger partial charge in [-0.05, 0) is 47.2 Å². The van der Waals surface area contributed by atoms with Crippen LogP contribution in [0.15, 0.2) is 18.2 Å². The fourth-order valence-corrected chi connectivity index (χ4v) is 1.86. The van der Waals surface area contributed by atoms with Gasteiger partial charge in [0, 0.05) is 9.49 Å². The summed E-state index contributed by atoms with van der Waals surface area (Å²) in [4.78, 5) is 11.7. The van der Waals surface area contributed by atoms with Gasteiger partial charge in [-0.25, -0.2) is 4.39 Å². The van der Waals surface area contributed by atoms with E-state index >= 15 is 0 Å². The van der Waals surface area contributed by atoms with Crippen LogP contribution in [0.1, 0.15) is 26.7 Å². The van der Waals surface area contributed by atoms with Gasteiger partial charge < -0.3 is 5.32 Å². The van der Waals surface area contributed by atoms with Gasteiger partial charge in [-0.2, -0.15) is 0 Å². The summed E-state index contributed by atoms with van der Waals surface area (Å²) in [5.74, 6) is -0.588. The van der Waals surface area contributed by atoms with Crippen molar-refractivity contribution in [3.63, 3.8) is 0 Å². The third-order valence-corrected chi connectivity index (χ3v) is 3.03. The minimum atomic E-state index is -0.385. The van der Waals surface area contributed by atoms with Crippen molar-refractivity contribution in [3.8, 4) is 0 Å². The summed E-state index contributed by atoms with van der Waals surface area (Å²) in [6.45, 7) is 3.87. The van der Waals surface area contributed by atoms with Crippen LogP contribution in [-0.2, 0) is 4.79 Å². The van der Waals surface area contributed by atoms with E-state index in [9.17, 15) is 9.18 Å². The molecule has 1 aromatic rings. The molecule has 0 fully saturated rings. The Bertz CT molecular complexity index is 381. The molecule has 0 saturated carbocycles. The Morgan fingerprint density at radius 2 is 2.25 bits per heavy atom. The van der Waals surface area contributed by atoms with Crippen LogP contribution in [0.4, 0.5) is 10.1 Å². The molecular weight excluding hydrogens is 320 g/mol. The summed E-state index contributed by atoms with van der Waals surface area (Å²) >= 11 is 2.03. The molecule has 0 aliphatic carbocycles. The van der Waals surface area contributed by atoms with E-state index in [1.807, 2.05) is 36.4 Å². The third kappa shape index (κ3) is 3.73. The standard InChI is InChI=1S/C12H15FINO/c1-3-4-8(2)12(16)15-11-6-5-9(14)7-10(11)13/h5-8H,3-4H2,1-2H3,(H,15,16). The SMILES string of the molecule is CCCC(C)C(=O)Nc1ccc(I)cc1F. The molecular formula is C12H15FINO. The number of hydrogen-bond donors (Lipinski definition) is 1. The molecule has 1 rings (SSSR count). The fraction of sp³-hybridized carbons (Fsp3) is 0.417. The second kappa shape index (κ2) is 6.18. The molecule has 0 spiro atoms. The Morgan fingerprint density at radius 1 is 1.56 bits per heavy atom. The molecule has 0 heterocycles. The lowest BCUT2D eigenvalue weighted by molar-refractivity contribution is -0.119. The average Bonchev–Trinajstić information content (AvgIpc) is 2.22. The highest BCUT2D eigenvalue weighted by Gasteiger charge is 2.13. The first-order chi connectivity index (χ1) is 7.54. The van der Waals surface area contributed by atoms with E-state index in [1.54, 1.807) is 12.1 Å². The van der Waals surface area contributed by atoms with Crippen molar-refractivity contribution in [2.24, 2.45) is 5.92 Å². The van der Waals surface area contributed by atoms with Crippen LogP contribution in [0.5, 0.6) is 0 Å². The molecule has 1 atom stereocenters. The molecule has 0 aliphatic rings. The molecule has 0 aliphatic heterocycles. The first-order valence-corrected chi connectivity index (χ1v) is 6.38. The summed E-state index contributed by atoms with van der Waals surface area (Å²) in [5, 5.41) is 2.60. The minimum absolute atomic E-state index is 0.0799. The summed E-state index contributed by atoms with van der Waals surface area (Å²) in [6.07, 6.45) is 1.77. The summed E-state index contributed by atoms with van der Waals surface area (Å²) in [7, 11) is 0. The Hall–Kier alpha value is -0.650. The van der Waals surface area contributed by atoms with Crippen LogP contribution < -0.4 is 5.32 Å². The molecule has 4 heteroatoms. The van der Waals surface area contributed by atoms with Crippen molar-refractivity contribution in [1.29, 1.82) is 0 Å². The lowest BCUT2D eigenvalue weighted by atomic mass is 10.1. The quantitative estimate of drug-likeness (QED) is 0.833. The van der Waals surface area contributed by atoms with E-state index in [0.717, 1.165) is 16.4 Å². The van der Waals surface area contributed by atoms with Crippen LogP contribution in [0, 0.1) is 15.3 Å². The normalized spacial score (nSPS) is 12.2. The minimum Gasteiger partial charge on any atom is -0.323 e. The van der Waals surface area contributed by atoms with Crippen LogP contribution in [0.2, 0.25) is 0 Å². The zero-order valence-corrected chi connectivity index (χ0v) is 11.5. The van der Waals surface area contributed by atoms with Gasteiger partial charge in [-0.15, -0.1) is 0 Å². The maximum absolute atomic E-state index is 13.4. The fourth-order valence-electron chi connectivity index (χ4n) is 1.41. The Labute approximate surface area is 109 Å². The molecule has 1 unspecified atom stereocenters. The smallest absolute Gasteiger partial charge is 0.227 e. The molecule has 1 aromatic carbocycles. The predicted molar refractivity (Wildman–Crippen MR) is 71.8 cm³/mol. The molecule has 1 N–H and O–H groups in total. The van der Waals surface area contributed by atoms with Gasteiger partial charge in [0.25, 0.3) is 0 Å². The maximum Gasteiger partial charge on any atom is 0.227 e. The molecule has 2 nitrogen and oxygen atoms in total. The van der Waals surface area contributed by atoms with E-state index < -0.39 is 0 Å². The second-order valence-electron chi connectivity index (χ2n) is 3.80. The van der Waals surface area contributed by atoms with Gasteiger partial charge >= 0.3 is 0 Å². The monoisotopic (exact) mass is 335 g/mol. The lowest BCUT2D eigenvalue weighted by Crippen LogP contribution is -2.20. The van der Waals surface area contributed by atoms with Gasteiger partial charge in [0.05, 0.1) is 5.69 Å². The van der Waals surface area contributed by atoms with Crippen LogP contribution in [0.3, 0.4) is 0 Å². The molecule has 1 amide bonds. The van der Waals surface area contributed by atoms with Crippen molar-refractivity contribution >= 4 is 34.2 Å². The zero-order chi connectivity index (χ0) is 12.1. The van der Waals surface area contributed by atoms with Gasteiger partial charge in [0.2, 0.25) is 5.91 Å². The second-order valence-corrected chi connectivity index (χ2v) is 5.05. The summed E-state index contributed by atoms with van der Waals surface area (Å²) < 4.78 is 14.3. The molecule has 0 saturated heterocycles. The number of carbonyl (C=O) groups is 1. The first-order valence-electron chi connectivity index (χ1n) is 5.30. The maximum atomic E-state index is 13.4. The average molecular weight is 335 g/mol. The predicted octanol–water partition coefficient (Wildman–Crippen LogP) is 3.81. The van der Waals surface area contributed by atoms with Crippen molar-refractivity contribution in [2.75, 3.05) is 5.32 Å². The van der Waals surface area contributed by atoms with Gasteiger partial charge in [-0.1, -0.05) is 20.3 Å².